The van der Waals surface area contributed by atoms with E-state index < -0.39 is 21.3 Å². The maximum absolute atomic E-state index is 13.2. The Labute approximate surface area is 166 Å². The molecule has 1 N–H and O–H groups in total. The molecule has 2 aromatic rings. The molecule has 1 fully saturated rings. The molecular formula is C20H26N2O5S. The average molecular weight is 407 g/mol. The van der Waals surface area contributed by atoms with Gasteiger partial charge in [0.2, 0.25) is 10.0 Å². The van der Waals surface area contributed by atoms with Gasteiger partial charge in [-0.25, -0.2) is 13.1 Å². The van der Waals surface area contributed by atoms with Crippen molar-refractivity contribution in [2.75, 3.05) is 27.9 Å². The second kappa shape index (κ2) is 8.48. The van der Waals surface area contributed by atoms with Crippen LogP contribution in [0.3, 0.4) is 0 Å². The molecule has 0 radical (unpaired) electrons. The number of ether oxygens (including phenoxy) is 2. The summed E-state index contributed by atoms with van der Waals surface area (Å²) in [4.78, 5) is 5.59. The van der Waals surface area contributed by atoms with Gasteiger partial charge in [0.25, 0.3) is 0 Å². The molecule has 7 nitrogen and oxygen atoms in total. The van der Waals surface area contributed by atoms with Crippen LogP contribution in [0.15, 0.2) is 48.5 Å². The minimum atomic E-state index is -3.68. The van der Waals surface area contributed by atoms with Crippen molar-refractivity contribution in [2.24, 2.45) is 0 Å². The van der Waals surface area contributed by atoms with E-state index in [1.165, 1.54) is 0 Å². The molecule has 0 spiro atoms. The van der Waals surface area contributed by atoms with Crippen LogP contribution < -0.4 is 14.2 Å². The molecule has 0 aliphatic carbocycles. The van der Waals surface area contributed by atoms with Gasteiger partial charge in [-0.1, -0.05) is 30.3 Å². The summed E-state index contributed by atoms with van der Waals surface area (Å²) < 4.78 is 39.8. The Morgan fingerprint density at radius 1 is 1.11 bits per heavy atom. The molecular weight excluding hydrogens is 380 g/mol. The molecule has 0 aromatic heterocycles. The number of methoxy groups -OCH3 is 2. The number of benzene rings is 2. The third-order valence-electron chi connectivity index (χ3n) is 4.94. The van der Waals surface area contributed by atoms with Crippen molar-refractivity contribution in [3.8, 4) is 11.5 Å². The van der Waals surface area contributed by atoms with Gasteiger partial charge in [-0.3, -0.25) is 4.84 Å². The van der Waals surface area contributed by atoms with Crippen molar-refractivity contribution in [1.82, 2.24) is 9.79 Å². The first-order valence-electron chi connectivity index (χ1n) is 9.00. The monoisotopic (exact) mass is 406 g/mol. The summed E-state index contributed by atoms with van der Waals surface area (Å²) in [5.41, 5.74) is 1.65. The lowest BCUT2D eigenvalue weighted by atomic mass is 10.0. The minimum Gasteiger partial charge on any atom is -0.497 e. The number of sulfonamides is 1. The van der Waals surface area contributed by atoms with E-state index in [-0.39, 0.29) is 12.6 Å². The van der Waals surface area contributed by atoms with Crippen molar-refractivity contribution in [3.05, 3.63) is 59.7 Å². The van der Waals surface area contributed by atoms with Gasteiger partial charge in [0.15, 0.2) is 0 Å². The maximum Gasteiger partial charge on any atom is 0.219 e. The molecule has 1 saturated heterocycles. The van der Waals surface area contributed by atoms with E-state index in [9.17, 15) is 8.42 Å². The molecule has 1 heterocycles. The minimum absolute atomic E-state index is 0.0670. The summed E-state index contributed by atoms with van der Waals surface area (Å²) in [7, 11) is 1.17. The SMILES string of the molecule is COc1cc(OC)cc([C@@H]2[C@H](S(=O)(=O)N[C@H](C)c3ccccc3)CON2C)c1. The van der Waals surface area contributed by atoms with Crippen LogP contribution >= 0.6 is 0 Å². The lowest BCUT2D eigenvalue weighted by Gasteiger charge is -2.25. The molecule has 0 bridgehead atoms. The Balaban J connectivity index is 1.90. The zero-order chi connectivity index (χ0) is 20.3. The fourth-order valence-corrected chi connectivity index (χ4v) is 5.14. The van der Waals surface area contributed by atoms with Crippen LogP contribution in [0, 0.1) is 0 Å². The van der Waals surface area contributed by atoms with Crippen molar-refractivity contribution in [2.45, 2.75) is 24.3 Å². The standard InChI is InChI=1S/C20H26N2O5S/c1-14(15-8-6-5-7-9-15)21-28(23,24)19-13-27-22(2)20(19)16-10-17(25-3)12-18(11-16)26-4/h5-12,14,19-21H,13H2,1-4H3/t14-,19-,20-/m1/s1. The lowest BCUT2D eigenvalue weighted by Crippen LogP contribution is -2.40. The first-order chi connectivity index (χ1) is 13.4. The van der Waals surface area contributed by atoms with Gasteiger partial charge < -0.3 is 9.47 Å². The van der Waals surface area contributed by atoms with Crippen LogP contribution in [0.1, 0.15) is 30.1 Å². The zero-order valence-corrected chi connectivity index (χ0v) is 17.3. The Morgan fingerprint density at radius 3 is 2.29 bits per heavy atom. The van der Waals surface area contributed by atoms with Crippen LogP contribution in [0.4, 0.5) is 0 Å². The van der Waals surface area contributed by atoms with Crippen LogP contribution in [0.25, 0.3) is 0 Å². The molecule has 3 rings (SSSR count). The Hall–Kier alpha value is -2.13. The predicted octanol–water partition coefficient (Wildman–Crippen LogP) is 2.67. The highest BCUT2D eigenvalue weighted by Crippen LogP contribution is 2.37. The van der Waals surface area contributed by atoms with Crippen LogP contribution in [-0.4, -0.2) is 46.6 Å². The number of hydroxylamine groups is 2. The van der Waals surface area contributed by atoms with Gasteiger partial charge in [0.1, 0.15) is 16.7 Å². The lowest BCUT2D eigenvalue weighted by molar-refractivity contribution is -0.110. The quantitative estimate of drug-likeness (QED) is 0.762. The second-order valence-electron chi connectivity index (χ2n) is 6.77. The molecule has 152 valence electrons. The largest absolute Gasteiger partial charge is 0.497 e. The molecule has 0 unspecified atom stereocenters. The number of nitrogens with zero attached hydrogens (tertiary/aromatic N) is 1. The smallest absolute Gasteiger partial charge is 0.219 e. The molecule has 0 saturated carbocycles. The van der Waals surface area contributed by atoms with Crippen molar-refractivity contribution < 1.29 is 22.7 Å². The molecule has 0 amide bonds. The molecule has 28 heavy (non-hydrogen) atoms. The molecule has 1 aliphatic heterocycles. The molecule has 3 atom stereocenters. The highest BCUT2D eigenvalue weighted by molar-refractivity contribution is 7.90. The Bertz CT molecular complexity index is 882. The van der Waals surface area contributed by atoms with E-state index in [1.807, 2.05) is 49.4 Å². The molecule has 1 aliphatic rings. The van der Waals surface area contributed by atoms with E-state index in [2.05, 4.69) is 4.72 Å². The van der Waals surface area contributed by atoms with Crippen LogP contribution in [0.2, 0.25) is 0 Å². The second-order valence-corrected chi connectivity index (χ2v) is 8.70. The summed E-state index contributed by atoms with van der Waals surface area (Å²) in [6, 6.07) is 14.0. The number of hydrogen-bond donors (Lipinski definition) is 1. The van der Waals surface area contributed by atoms with Crippen molar-refractivity contribution in [3.63, 3.8) is 0 Å². The summed E-state index contributed by atoms with van der Waals surface area (Å²) in [5.74, 6) is 1.19. The first-order valence-corrected chi connectivity index (χ1v) is 10.5. The third kappa shape index (κ3) is 4.30. The number of nitrogens with one attached hydrogen (secondary N) is 1. The third-order valence-corrected chi connectivity index (χ3v) is 6.81. The highest BCUT2D eigenvalue weighted by atomic mass is 32.2. The Morgan fingerprint density at radius 2 is 1.71 bits per heavy atom. The highest BCUT2D eigenvalue weighted by Gasteiger charge is 2.44. The number of rotatable bonds is 7. The summed E-state index contributed by atoms with van der Waals surface area (Å²) in [6.45, 7) is 1.90. The molecule has 8 heteroatoms. The summed E-state index contributed by atoms with van der Waals surface area (Å²) in [6.07, 6.45) is 0. The first kappa shape index (κ1) is 20.6. The normalized spacial score (nSPS) is 21.4. The average Bonchev–Trinajstić information content (AvgIpc) is 3.10. The Kier molecular flexibility index (Phi) is 6.24. The summed E-state index contributed by atoms with van der Waals surface area (Å²) >= 11 is 0. The van der Waals surface area contributed by atoms with Gasteiger partial charge in [-0.2, -0.15) is 5.06 Å². The molecule has 2 aromatic carbocycles. The fourth-order valence-electron chi connectivity index (χ4n) is 3.42. The van der Waals surface area contributed by atoms with Crippen molar-refractivity contribution in [1.29, 1.82) is 0 Å². The maximum atomic E-state index is 13.2. The summed E-state index contributed by atoms with van der Waals surface area (Å²) in [5, 5.41) is 0.797. The van der Waals surface area contributed by atoms with E-state index in [1.54, 1.807) is 32.4 Å². The number of hydrogen-bond acceptors (Lipinski definition) is 6. The van der Waals surface area contributed by atoms with Crippen LogP contribution in [-0.2, 0) is 14.9 Å². The van der Waals surface area contributed by atoms with Gasteiger partial charge in [-0.15, -0.1) is 0 Å². The zero-order valence-electron chi connectivity index (χ0n) is 16.5. The van der Waals surface area contributed by atoms with Gasteiger partial charge in [-0.05, 0) is 30.2 Å². The van der Waals surface area contributed by atoms with E-state index >= 15 is 0 Å². The van der Waals surface area contributed by atoms with E-state index in [0.717, 1.165) is 11.1 Å². The van der Waals surface area contributed by atoms with Gasteiger partial charge in [0, 0.05) is 19.2 Å². The van der Waals surface area contributed by atoms with Crippen LogP contribution in [0.5, 0.6) is 11.5 Å². The van der Waals surface area contributed by atoms with E-state index in [0.29, 0.717) is 11.5 Å². The predicted molar refractivity (Wildman–Crippen MR) is 107 cm³/mol. The van der Waals surface area contributed by atoms with Gasteiger partial charge in [0.05, 0.1) is 26.9 Å². The fraction of sp³-hybridized carbons (Fsp3) is 0.400. The van der Waals surface area contributed by atoms with Crippen molar-refractivity contribution >= 4 is 10.0 Å². The topological polar surface area (TPSA) is 77.1 Å². The van der Waals surface area contributed by atoms with Gasteiger partial charge >= 0.3 is 0 Å². The van der Waals surface area contributed by atoms with E-state index in [4.69, 9.17) is 14.3 Å².